The molecular formula is C76H46. The zero-order valence-corrected chi connectivity index (χ0v) is 41.6. The maximum atomic E-state index is 2.45. The Bertz CT molecular complexity index is 5060. The molecule has 0 saturated carbocycles. The third-order valence-corrected chi connectivity index (χ3v) is 16.6. The van der Waals surface area contributed by atoms with Crippen molar-refractivity contribution in [2.75, 3.05) is 0 Å². The molecule has 0 radical (unpaired) electrons. The minimum absolute atomic E-state index is 1.20. The molecule has 0 heteroatoms. The van der Waals surface area contributed by atoms with Crippen molar-refractivity contribution in [2.45, 2.75) is 0 Å². The molecule has 0 aliphatic rings. The Labute approximate surface area is 440 Å². The van der Waals surface area contributed by atoms with Crippen molar-refractivity contribution >= 4 is 108 Å². The number of fused-ring (bicyclic) bond motifs is 18. The average Bonchev–Trinajstić information content (AvgIpc) is 3.60. The monoisotopic (exact) mass is 958 g/mol. The number of hydrogen-bond donors (Lipinski definition) is 0. The van der Waals surface area contributed by atoms with Crippen LogP contribution in [0.1, 0.15) is 0 Å². The summed E-state index contributed by atoms with van der Waals surface area (Å²) >= 11 is 0. The first-order valence-corrected chi connectivity index (χ1v) is 26.5. The standard InChI is InChI=1S/C76H46/c1-2-18-47(19-3-1)52-42-43-67-70(44-52)74(51-40-36-49(37-41-51)69-46-72-58-25-7-5-21-54(58)56-23-9-13-29-62(56)76(72)64-31-15-11-27-60(64)69)66-33-17-16-32-65(66)73(67)50-38-34-48(35-39-50)68-45-71-57-24-6-4-20-53(57)55-22-8-12-28-61(55)75(71)63-30-14-10-26-59(63)68/h1-46H. The van der Waals surface area contributed by atoms with Gasteiger partial charge < -0.3 is 0 Å². The van der Waals surface area contributed by atoms with Gasteiger partial charge in [0.25, 0.3) is 0 Å². The van der Waals surface area contributed by atoms with E-state index in [1.807, 2.05) is 0 Å². The highest BCUT2D eigenvalue weighted by molar-refractivity contribution is 6.34. The topological polar surface area (TPSA) is 0 Å². The van der Waals surface area contributed by atoms with E-state index in [9.17, 15) is 0 Å². The van der Waals surface area contributed by atoms with Crippen LogP contribution >= 0.6 is 0 Å². The molecule has 0 N–H and O–H groups in total. The average molecular weight is 959 g/mol. The van der Waals surface area contributed by atoms with E-state index in [-0.39, 0.29) is 0 Å². The smallest absolute Gasteiger partial charge is 0.00199 e. The van der Waals surface area contributed by atoms with Gasteiger partial charge in [-0.05, 0) is 182 Å². The molecular weight excluding hydrogens is 913 g/mol. The molecule has 0 heterocycles. The summed E-state index contributed by atoms with van der Waals surface area (Å²) in [6.07, 6.45) is 0. The SMILES string of the molecule is c1ccc(-c2ccc3c(-c4ccc(-c5cc6c7ccccc7c7ccccc7c6c6ccccc56)cc4)c4ccccc4c(-c4ccc(-c5cc6c7ccccc7c7ccccc7c6c6ccccc56)cc4)c3c2)cc1. The van der Waals surface area contributed by atoms with Gasteiger partial charge in [0.1, 0.15) is 0 Å². The molecule has 76 heavy (non-hydrogen) atoms. The number of rotatable bonds is 5. The van der Waals surface area contributed by atoms with E-state index in [1.54, 1.807) is 0 Å². The van der Waals surface area contributed by atoms with E-state index < -0.39 is 0 Å². The maximum absolute atomic E-state index is 2.45. The van der Waals surface area contributed by atoms with Crippen LogP contribution in [0, 0.1) is 0 Å². The first kappa shape index (κ1) is 42.6. The molecule has 350 valence electrons. The number of benzene rings is 16. The van der Waals surface area contributed by atoms with Crippen molar-refractivity contribution in [2.24, 2.45) is 0 Å². The third kappa shape index (κ3) is 6.38. The predicted octanol–water partition coefficient (Wildman–Crippen LogP) is 21.6. The van der Waals surface area contributed by atoms with Crippen molar-refractivity contribution in [3.05, 3.63) is 279 Å². The van der Waals surface area contributed by atoms with Crippen molar-refractivity contribution < 1.29 is 0 Å². The van der Waals surface area contributed by atoms with Crippen LogP contribution in [0.2, 0.25) is 0 Å². The van der Waals surface area contributed by atoms with Gasteiger partial charge in [0.2, 0.25) is 0 Å². The number of hydrogen-bond acceptors (Lipinski definition) is 0. The van der Waals surface area contributed by atoms with Gasteiger partial charge in [0.05, 0.1) is 0 Å². The lowest BCUT2D eigenvalue weighted by molar-refractivity contribution is 1.62. The van der Waals surface area contributed by atoms with Crippen molar-refractivity contribution in [3.63, 3.8) is 0 Å². The Morgan fingerprint density at radius 3 is 0.829 bits per heavy atom. The molecule has 0 saturated heterocycles. The van der Waals surface area contributed by atoms with Crippen LogP contribution in [-0.2, 0) is 0 Å². The van der Waals surface area contributed by atoms with Crippen LogP contribution in [0.5, 0.6) is 0 Å². The van der Waals surface area contributed by atoms with Crippen LogP contribution in [0.25, 0.3) is 163 Å². The van der Waals surface area contributed by atoms with Crippen LogP contribution in [0.3, 0.4) is 0 Å². The Morgan fingerprint density at radius 1 is 0.132 bits per heavy atom. The molecule has 0 unspecified atom stereocenters. The van der Waals surface area contributed by atoms with Gasteiger partial charge in [-0.15, -0.1) is 0 Å². The fourth-order valence-corrected chi connectivity index (χ4v) is 13.3. The summed E-state index contributed by atoms with van der Waals surface area (Å²) < 4.78 is 0. The summed E-state index contributed by atoms with van der Waals surface area (Å²) in [5.41, 5.74) is 12.2. The Morgan fingerprint density at radius 2 is 0.408 bits per heavy atom. The van der Waals surface area contributed by atoms with Crippen molar-refractivity contribution in [3.8, 4) is 55.6 Å². The second-order valence-corrected chi connectivity index (χ2v) is 20.5. The Balaban J connectivity index is 0.882. The maximum Gasteiger partial charge on any atom is -0.00199 e. The van der Waals surface area contributed by atoms with Crippen LogP contribution in [-0.4, -0.2) is 0 Å². The zero-order chi connectivity index (χ0) is 49.8. The minimum Gasteiger partial charge on any atom is -0.0622 e. The molecule has 0 spiro atoms. The fourth-order valence-electron chi connectivity index (χ4n) is 13.3. The van der Waals surface area contributed by atoms with Gasteiger partial charge in [-0.25, -0.2) is 0 Å². The molecule has 16 rings (SSSR count). The largest absolute Gasteiger partial charge is 0.0622 e. The fraction of sp³-hybridized carbons (Fsp3) is 0. The molecule has 0 fully saturated rings. The highest BCUT2D eigenvalue weighted by Crippen LogP contribution is 2.48. The van der Waals surface area contributed by atoms with Gasteiger partial charge in [-0.3, -0.25) is 0 Å². The van der Waals surface area contributed by atoms with E-state index in [1.165, 1.54) is 163 Å². The van der Waals surface area contributed by atoms with Crippen LogP contribution < -0.4 is 0 Å². The molecule has 0 aliphatic heterocycles. The van der Waals surface area contributed by atoms with Gasteiger partial charge >= 0.3 is 0 Å². The van der Waals surface area contributed by atoms with Gasteiger partial charge in [0.15, 0.2) is 0 Å². The highest BCUT2D eigenvalue weighted by atomic mass is 14.2. The summed E-state index contributed by atoms with van der Waals surface area (Å²) in [5.74, 6) is 0. The quantitative estimate of drug-likeness (QED) is 0.119. The van der Waals surface area contributed by atoms with Crippen molar-refractivity contribution in [1.82, 2.24) is 0 Å². The first-order chi connectivity index (χ1) is 37.7. The van der Waals surface area contributed by atoms with Gasteiger partial charge in [-0.2, -0.15) is 0 Å². The summed E-state index contributed by atoms with van der Waals surface area (Å²) in [6, 6.07) is 104. The molecule has 0 atom stereocenters. The van der Waals surface area contributed by atoms with E-state index in [0.717, 1.165) is 0 Å². The lowest BCUT2D eigenvalue weighted by atomic mass is 9.83. The molecule has 0 aliphatic carbocycles. The summed E-state index contributed by atoms with van der Waals surface area (Å²) in [5, 5.41) is 25.6. The van der Waals surface area contributed by atoms with Crippen LogP contribution in [0.4, 0.5) is 0 Å². The summed E-state index contributed by atoms with van der Waals surface area (Å²) in [7, 11) is 0. The lowest BCUT2D eigenvalue weighted by Crippen LogP contribution is -1.93. The lowest BCUT2D eigenvalue weighted by Gasteiger charge is -2.20. The summed E-state index contributed by atoms with van der Waals surface area (Å²) in [6.45, 7) is 0. The Hall–Kier alpha value is -9.88. The second-order valence-electron chi connectivity index (χ2n) is 20.5. The predicted molar refractivity (Wildman–Crippen MR) is 329 cm³/mol. The van der Waals surface area contributed by atoms with E-state index >= 15 is 0 Å². The highest BCUT2D eigenvalue weighted by Gasteiger charge is 2.21. The van der Waals surface area contributed by atoms with Gasteiger partial charge in [-0.1, -0.05) is 261 Å². The minimum atomic E-state index is 1.20. The molecule has 0 aromatic heterocycles. The van der Waals surface area contributed by atoms with E-state index in [4.69, 9.17) is 0 Å². The van der Waals surface area contributed by atoms with Crippen molar-refractivity contribution in [1.29, 1.82) is 0 Å². The molecule has 16 aromatic rings. The normalized spacial score (nSPS) is 11.9. The zero-order valence-electron chi connectivity index (χ0n) is 41.6. The second kappa shape index (κ2) is 16.8. The molecule has 0 amide bonds. The first-order valence-electron chi connectivity index (χ1n) is 26.5. The Kier molecular flexibility index (Phi) is 9.44. The molecule has 0 nitrogen and oxygen atoms in total. The van der Waals surface area contributed by atoms with Crippen LogP contribution in [0.15, 0.2) is 279 Å². The third-order valence-electron chi connectivity index (χ3n) is 16.6. The summed E-state index contributed by atoms with van der Waals surface area (Å²) in [4.78, 5) is 0. The molecule has 16 aromatic carbocycles. The van der Waals surface area contributed by atoms with E-state index in [0.29, 0.717) is 0 Å². The van der Waals surface area contributed by atoms with E-state index in [2.05, 4.69) is 279 Å². The van der Waals surface area contributed by atoms with Gasteiger partial charge in [0, 0.05) is 0 Å². The molecule has 0 bridgehead atoms.